The summed E-state index contributed by atoms with van der Waals surface area (Å²) in [4.78, 5) is 8.93. The van der Waals surface area contributed by atoms with Gasteiger partial charge >= 0.3 is 0 Å². The summed E-state index contributed by atoms with van der Waals surface area (Å²) in [7, 11) is -3.78. The standard InChI is InChI=1S/C22H22N4O4S2/c1-14-12-30-16(11-27)10-26(14)32(28,29)17-3-4-19-18(9-17)20(6-7-23-19)25-15-2-5-22-21(8-15)24-13-31-22/h2-9,13-14,16,27H,10-12H2,1H3,(H,23,25)/t14?,16-/m0/s1. The van der Waals surface area contributed by atoms with Gasteiger partial charge in [0.05, 0.1) is 45.5 Å². The molecule has 0 saturated carbocycles. The van der Waals surface area contributed by atoms with Crippen LogP contribution in [0.15, 0.2) is 59.1 Å². The highest BCUT2D eigenvalue weighted by Gasteiger charge is 2.35. The summed E-state index contributed by atoms with van der Waals surface area (Å²) in [5.41, 5.74) is 5.01. The molecule has 8 nitrogen and oxygen atoms in total. The van der Waals surface area contributed by atoms with Gasteiger partial charge in [-0.3, -0.25) is 4.98 Å². The van der Waals surface area contributed by atoms with Crippen molar-refractivity contribution in [3.05, 3.63) is 54.2 Å². The number of thiazole rings is 1. The number of nitrogens with one attached hydrogen (secondary N) is 1. The molecule has 166 valence electrons. The van der Waals surface area contributed by atoms with Gasteiger partial charge in [-0.15, -0.1) is 11.3 Å². The maximum atomic E-state index is 13.4. The maximum absolute atomic E-state index is 13.4. The Kier molecular flexibility index (Phi) is 5.56. The largest absolute Gasteiger partial charge is 0.394 e. The van der Waals surface area contributed by atoms with Gasteiger partial charge in [0.1, 0.15) is 0 Å². The number of anilines is 2. The highest BCUT2D eigenvalue weighted by atomic mass is 32.2. The van der Waals surface area contributed by atoms with E-state index in [4.69, 9.17) is 4.74 Å². The first-order valence-corrected chi connectivity index (χ1v) is 12.5. The summed E-state index contributed by atoms with van der Waals surface area (Å²) in [5.74, 6) is 0. The molecule has 0 spiro atoms. The molecular formula is C22H22N4O4S2. The first-order valence-electron chi connectivity index (χ1n) is 10.2. The zero-order valence-corrected chi connectivity index (χ0v) is 18.9. The van der Waals surface area contributed by atoms with Gasteiger partial charge in [0.2, 0.25) is 10.0 Å². The van der Waals surface area contributed by atoms with Crippen molar-refractivity contribution in [3.8, 4) is 0 Å². The quantitative estimate of drug-likeness (QED) is 0.461. The number of rotatable bonds is 5. The molecule has 0 aliphatic carbocycles. The van der Waals surface area contributed by atoms with Crippen molar-refractivity contribution in [2.75, 3.05) is 25.1 Å². The van der Waals surface area contributed by atoms with E-state index in [-0.39, 0.29) is 30.7 Å². The van der Waals surface area contributed by atoms with Crippen LogP contribution >= 0.6 is 11.3 Å². The summed E-state index contributed by atoms with van der Waals surface area (Å²) in [5, 5.41) is 13.5. The Morgan fingerprint density at radius 2 is 2.06 bits per heavy atom. The summed E-state index contributed by atoms with van der Waals surface area (Å²) in [6, 6.07) is 12.4. The molecule has 2 N–H and O–H groups in total. The number of benzene rings is 2. The topological polar surface area (TPSA) is 105 Å². The molecule has 2 atom stereocenters. The Balaban J connectivity index is 1.53. The number of aliphatic hydroxyl groups excluding tert-OH is 1. The molecule has 4 aromatic rings. The van der Waals surface area contributed by atoms with E-state index in [0.717, 1.165) is 21.6 Å². The molecule has 0 bridgehead atoms. The predicted molar refractivity (Wildman–Crippen MR) is 125 cm³/mol. The predicted octanol–water partition coefficient (Wildman–Crippen LogP) is 3.36. The van der Waals surface area contributed by atoms with Gasteiger partial charge in [0.15, 0.2) is 0 Å². The molecule has 1 unspecified atom stereocenters. The van der Waals surface area contributed by atoms with Crippen LogP contribution < -0.4 is 5.32 Å². The lowest BCUT2D eigenvalue weighted by atomic mass is 10.2. The van der Waals surface area contributed by atoms with E-state index in [2.05, 4.69) is 15.3 Å². The second-order valence-electron chi connectivity index (χ2n) is 7.76. The number of fused-ring (bicyclic) bond motifs is 2. The molecule has 0 radical (unpaired) electrons. The summed E-state index contributed by atoms with van der Waals surface area (Å²) < 4.78 is 34.9. The monoisotopic (exact) mass is 470 g/mol. The average Bonchev–Trinajstić information content (AvgIpc) is 3.27. The summed E-state index contributed by atoms with van der Waals surface area (Å²) in [6.07, 6.45) is 1.16. The zero-order valence-electron chi connectivity index (χ0n) is 17.3. The van der Waals surface area contributed by atoms with E-state index in [1.165, 1.54) is 4.31 Å². The lowest BCUT2D eigenvalue weighted by Gasteiger charge is -2.36. The van der Waals surface area contributed by atoms with E-state index in [0.29, 0.717) is 10.9 Å². The van der Waals surface area contributed by atoms with Crippen molar-refractivity contribution in [1.82, 2.24) is 14.3 Å². The van der Waals surface area contributed by atoms with Crippen molar-refractivity contribution in [2.24, 2.45) is 0 Å². The molecule has 10 heteroatoms. The first-order chi connectivity index (χ1) is 15.5. The van der Waals surface area contributed by atoms with Crippen LogP contribution in [0.2, 0.25) is 0 Å². The van der Waals surface area contributed by atoms with Crippen LogP contribution in [-0.2, 0) is 14.8 Å². The van der Waals surface area contributed by atoms with Crippen LogP contribution in [0.4, 0.5) is 11.4 Å². The van der Waals surface area contributed by atoms with Gasteiger partial charge in [-0.1, -0.05) is 0 Å². The number of ether oxygens (including phenoxy) is 1. The van der Waals surface area contributed by atoms with Crippen LogP contribution in [0.5, 0.6) is 0 Å². The lowest BCUT2D eigenvalue weighted by molar-refractivity contribution is -0.0516. The number of hydrogen-bond acceptors (Lipinski definition) is 8. The first kappa shape index (κ1) is 21.2. The van der Waals surface area contributed by atoms with Crippen LogP contribution in [0.25, 0.3) is 21.1 Å². The third kappa shape index (κ3) is 3.84. The van der Waals surface area contributed by atoms with Crippen molar-refractivity contribution in [1.29, 1.82) is 0 Å². The summed E-state index contributed by atoms with van der Waals surface area (Å²) >= 11 is 1.58. The smallest absolute Gasteiger partial charge is 0.243 e. The second-order valence-corrected chi connectivity index (χ2v) is 10.5. The Bertz CT molecular complexity index is 1390. The van der Waals surface area contributed by atoms with E-state index < -0.39 is 16.1 Å². The fraction of sp³-hybridized carbons (Fsp3) is 0.273. The van der Waals surface area contributed by atoms with E-state index in [9.17, 15) is 13.5 Å². The maximum Gasteiger partial charge on any atom is 0.243 e. The highest BCUT2D eigenvalue weighted by Crippen LogP contribution is 2.31. The molecule has 3 heterocycles. The van der Waals surface area contributed by atoms with E-state index >= 15 is 0 Å². The van der Waals surface area contributed by atoms with Gasteiger partial charge in [-0.2, -0.15) is 4.31 Å². The minimum absolute atomic E-state index is 0.115. The third-order valence-corrected chi connectivity index (χ3v) is 8.37. The zero-order chi connectivity index (χ0) is 22.3. The molecule has 1 aliphatic heterocycles. The molecule has 1 aliphatic rings. The molecule has 1 fully saturated rings. The number of aliphatic hydroxyl groups is 1. The average molecular weight is 471 g/mol. The minimum Gasteiger partial charge on any atom is -0.394 e. The molecule has 5 rings (SSSR count). The Labute approximate surface area is 189 Å². The fourth-order valence-corrected chi connectivity index (χ4v) is 6.19. The Morgan fingerprint density at radius 1 is 1.19 bits per heavy atom. The van der Waals surface area contributed by atoms with Crippen LogP contribution in [0.3, 0.4) is 0 Å². The molecule has 2 aromatic carbocycles. The Morgan fingerprint density at radius 3 is 2.91 bits per heavy atom. The van der Waals surface area contributed by atoms with E-state index in [1.807, 2.05) is 24.3 Å². The molecule has 0 amide bonds. The van der Waals surface area contributed by atoms with Crippen molar-refractivity contribution in [3.63, 3.8) is 0 Å². The number of morpholine rings is 1. The fourth-order valence-electron chi connectivity index (χ4n) is 3.86. The molecule has 1 saturated heterocycles. The number of hydrogen-bond donors (Lipinski definition) is 2. The van der Waals surface area contributed by atoms with Crippen molar-refractivity contribution in [2.45, 2.75) is 24.0 Å². The number of sulfonamides is 1. The minimum atomic E-state index is -3.78. The number of aromatic nitrogens is 2. The normalized spacial score (nSPS) is 20.1. The number of pyridine rings is 1. The van der Waals surface area contributed by atoms with Gasteiger partial charge < -0.3 is 15.2 Å². The molecule has 2 aromatic heterocycles. The van der Waals surface area contributed by atoms with Crippen LogP contribution in [0.1, 0.15) is 6.92 Å². The van der Waals surface area contributed by atoms with Crippen molar-refractivity contribution < 1.29 is 18.3 Å². The molecule has 32 heavy (non-hydrogen) atoms. The highest BCUT2D eigenvalue weighted by molar-refractivity contribution is 7.89. The summed E-state index contributed by atoms with van der Waals surface area (Å²) in [6.45, 7) is 1.93. The van der Waals surface area contributed by atoms with Crippen LogP contribution in [-0.4, -0.2) is 59.7 Å². The second kappa shape index (κ2) is 8.38. The van der Waals surface area contributed by atoms with Gasteiger partial charge in [-0.05, 0) is 49.4 Å². The third-order valence-electron chi connectivity index (χ3n) is 5.58. The Hall–Kier alpha value is -2.63. The van der Waals surface area contributed by atoms with Crippen LogP contribution in [0, 0.1) is 0 Å². The van der Waals surface area contributed by atoms with Gasteiger partial charge in [-0.25, -0.2) is 13.4 Å². The van der Waals surface area contributed by atoms with E-state index in [1.54, 1.807) is 48.2 Å². The van der Waals surface area contributed by atoms with Crippen molar-refractivity contribution >= 4 is 53.9 Å². The number of nitrogens with zero attached hydrogens (tertiary/aromatic N) is 3. The lowest BCUT2D eigenvalue weighted by Crippen LogP contribution is -2.51. The SMILES string of the molecule is CC1CO[C@H](CO)CN1S(=O)(=O)c1ccc2nccc(Nc3ccc4scnc4c3)c2c1. The van der Waals surface area contributed by atoms with Gasteiger partial charge in [0.25, 0.3) is 0 Å². The van der Waals surface area contributed by atoms with Gasteiger partial charge in [0, 0.05) is 35.5 Å². The molecular weight excluding hydrogens is 448 g/mol.